The summed E-state index contributed by atoms with van der Waals surface area (Å²) in [5.74, 6) is 0. The van der Waals surface area contributed by atoms with Crippen LogP contribution in [0.25, 0.3) is 0 Å². The minimum absolute atomic E-state index is 0.879. The Hall–Kier alpha value is -0.0800. The Morgan fingerprint density at radius 3 is 2.56 bits per heavy atom. The SMILES string of the molecule is CCN(C)CCCOC. The van der Waals surface area contributed by atoms with Crippen LogP contribution in [0.1, 0.15) is 13.3 Å². The molecule has 0 rings (SSSR count). The molecule has 0 bridgehead atoms. The van der Waals surface area contributed by atoms with Crippen LogP contribution < -0.4 is 0 Å². The van der Waals surface area contributed by atoms with Crippen LogP contribution >= 0.6 is 0 Å². The van der Waals surface area contributed by atoms with Crippen molar-refractivity contribution >= 4 is 0 Å². The second-order valence-electron chi connectivity index (χ2n) is 2.24. The fraction of sp³-hybridized carbons (Fsp3) is 1.00. The highest BCUT2D eigenvalue weighted by molar-refractivity contribution is 4.45. The Morgan fingerprint density at radius 1 is 1.44 bits per heavy atom. The van der Waals surface area contributed by atoms with Gasteiger partial charge in [-0.2, -0.15) is 0 Å². The molecule has 0 unspecified atom stereocenters. The van der Waals surface area contributed by atoms with Gasteiger partial charge < -0.3 is 9.64 Å². The Kier molecular flexibility index (Phi) is 5.99. The number of rotatable bonds is 5. The summed E-state index contributed by atoms with van der Waals surface area (Å²) in [5, 5.41) is 0. The minimum Gasteiger partial charge on any atom is -0.385 e. The summed E-state index contributed by atoms with van der Waals surface area (Å²) in [4.78, 5) is 2.28. The molecule has 0 heterocycles. The monoisotopic (exact) mass is 131 g/mol. The fourth-order valence-electron chi connectivity index (χ4n) is 0.637. The van der Waals surface area contributed by atoms with Gasteiger partial charge in [0.1, 0.15) is 0 Å². The molecule has 2 heteroatoms. The van der Waals surface area contributed by atoms with Crippen molar-refractivity contribution in [2.45, 2.75) is 13.3 Å². The molecule has 0 N–H and O–H groups in total. The van der Waals surface area contributed by atoms with Crippen LogP contribution in [0.5, 0.6) is 0 Å². The minimum atomic E-state index is 0.879. The number of hydrogen-bond acceptors (Lipinski definition) is 2. The van der Waals surface area contributed by atoms with Crippen LogP contribution in [-0.2, 0) is 4.74 Å². The molecule has 0 fully saturated rings. The maximum absolute atomic E-state index is 4.91. The second kappa shape index (κ2) is 6.05. The van der Waals surface area contributed by atoms with E-state index in [0.717, 1.165) is 26.1 Å². The zero-order valence-corrected chi connectivity index (χ0v) is 6.68. The van der Waals surface area contributed by atoms with Crippen LogP contribution in [0, 0.1) is 0 Å². The molecule has 9 heavy (non-hydrogen) atoms. The Morgan fingerprint density at radius 2 is 2.11 bits per heavy atom. The van der Waals surface area contributed by atoms with Crippen molar-refractivity contribution in [3.05, 3.63) is 0 Å². The van der Waals surface area contributed by atoms with Crippen molar-refractivity contribution < 1.29 is 4.74 Å². The van der Waals surface area contributed by atoms with Gasteiger partial charge in [-0.3, -0.25) is 0 Å². The molecule has 0 amide bonds. The van der Waals surface area contributed by atoms with Crippen molar-refractivity contribution in [3.8, 4) is 0 Å². The zero-order chi connectivity index (χ0) is 7.11. The van der Waals surface area contributed by atoms with Gasteiger partial charge in [0.05, 0.1) is 0 Å². The highest BCUT2D eigenvalue weighted by Crippen LogP contribution is 1.85. The lowest BCUT2D eigenvalue weighted by molar-refractivity contribution is 0.181. The number of nitrogens with zero attached hydrogens (tertiary/aromatic N) is 1. The molecule has 2 nitrogen and oxygen atoms in total. The summed E-state index contributed by atoms with van der Waals surface area (Å²) in [6, 6.07) is 0. The molecule has 0 spiro atoms. The van der Waals surface area contributed by atoms with Crippen molar-refractivity contribution in [3.63, 3.8) is 0 Å². The molecule has 0 aromatic carbocycles. The normalized spacial score (nSPS) is 10.7. The summed E-state index contributed by atoms with van der Waals surface area (Å²) < 4.78 is 4.91. The van der Waals surface area contributed by atoms with Gasteiger partial charge in [-0.25, -0.2) is 0 Å². The van der Waals surface area contributed by atoms with Crippen molar-refractivity contribution in [1.29, 1.82) is 0 Å². The van der Waals surface area contributed by atoms with Gasteiger partial charge in [0.25, 0.3) is 0 Å². The predicted molar refractivity (Wildman–Crippen MR) is 39.7 cm³/mol. The molecule has 0 aromatic heterocycles. The first kappa shape index (κ1) is 8.92. The third-order valence-electron chi connectivity index (χ3n) is 1.43. The second-order valence-corrected chi connectivity index (χ2v) is 2.24. The first-order chi connectivity index (χ1) is 4.31. The van der Waals surface area contributed by atoms with E-state index in [1.54, 1.807) is 7.11 Å². The molecular weight excluding hydrogens is 114 g/mol. The molecule has 0 aliphatic rings. The maximum Gasteiger partial charge on any atom is 0.0474 e. The van der Waals surface area contributed by atoms with Gasteiger partial charge >= 0.3 is 0 Å². The molecule has 0 aliphatic heterocycles. The van der Waals surface area contributed by atoms with Gasteiger partial charge in [0.15, 0.2) is 0 Å². The van der Waals surface area contributed by atoms with E-state index < -0.39 is 0 Å². The summed E-state index contributed by atoms with van der Waals surface area (Å²) >= 11 is 0. The van der Waals surface area contributed by atoms with E-state index in [-0.39, 0.29) is 0 Å². The lowest BCUT2D eigenvalue weighted by Crippen LogP contribution is -2.19. The van der Waals surface area contributed by atoms with Crippen molar-refractivity contribution in [1.82, 2.24) is 4.90 Å². The first-order valence-corrected chi connectivity index (χ1v) is 3.48. The molecule has 0 radical (unpaired) electrons. The number of hydrogen-bond donors (Lipinski definition) is 0. The third kappa shape index (κ3) is 5.80. The van der Waals surface area contributed by atoms with Crippen LogP contribution in [0.15, 0.2) is 0 Å². The van der Waals surface area contributed by atoms with Crippen LogP contribution in [0.2, 0.25) is 0 Å². The standard InChI is InChI=1S/C7H17NO/c1-4-8(2)6-5-7-9-3/h4-7H2,1-3H3. The van der Waals surface area contributed by atoms with E-state index in [0.29, 0.717) is 0 Å². The summed E-state index contributed by atoms with van der Waals surface area (Å²) in [5.41, 5.74) is 0. The largest absolute Gasteiger partial charge is 0.385 e. The zero-order valence-electron chi connectivity index (χ0n) is 6.68. The van der Waals surface area contributed by atoms with Gasteiger partial charge in [-0.05, 0) is 20.0 Å². The van der Waals surface area contributed by atoms with E-state index in [1.807, 2.05) is 0 Å². The molecule has 0 saturated heterocycles. The molecule has 56 valence electrons. The van der Waals surface area contributed by atoms with E-state index in [9.17, 15) is 0 Å². The number of ether oxygens (including phenoxy) is 1. The quantitative estimate of drug-likeness (QED) is 0.516. The predicted octanol–water partition coefficient (Wildman–Crippen LogP) is 0.975. The van der Waals surface area contributed by atoms with E-state index in [2.05, 4.69) is 18.9 Å². The van der Waals surface area contributed by atoms with Gasteiger partial charge in [0, 0.05) is 20.3 Å². The first-order valence-electron chi connectivity index (χ1n) is 3.48. The van der Waals surface area contributed by atoms with Crippen molar-refractivity contribution in [2.75, 3.05) is 33.9 Å². The molecular formula is C7H17NO. The Balaban J connectivity index is 2.88. The topological polar surface area (TPSA) is 12.5 Å². The van der Waals surface area contributed by atoms with Crippen LogP contribution in [0.4, 0.5) is 0 Å². The van der Waals surface area contributed by atoms with Gasteiger partial charge in [-0.15, -0.1) is 0 Å². The fourth-order valence-corrected chi connectivity index (χ4v) is 0.637. The molecule has 0 atom stereocenters. The van der Waals surface area contributed by atoms with Gasteiger partial charge in [0.2, 0.25) is 0 Å². The smallest absolute Gasteiger partial charge is 0.0474 e. The Labute approximate surface area is 57.8 Å². The highest BCUT2D eigenvalue weighted by Gasteiger charge is 1.91. The van der Waals surface area contributed by atoms with Crippen molar-refractivity contribution in [2.24, 2.45) is 0 Å². The van der Waals surface area contributed by atoms with E-state index >= 15 is 0 Å². The van der Waals surface area contributed by atoms with E-state index in [1.165, 1.54) is 0 Å². The lowest BCUT2D eigenvalue weighted by atomic mass is 10.4. The molecule has 0 aromatic rings. The van der Waals surface area contributed by atoms with E-state index in [4.69, 9.17) is 4.74 Å². The average Bonchev–Trinajstić information content (AvgIpc) is 1.89. The highest BCUT2D eigenvalue weighted by atomic mass is 16.5. The number of methoxy groups -OCH3 is 1. The molecule has 0 saturated carbocycles. The average molecular weight is 131 g/mol. The summed E-state index contributed by atoms with van der Waals surface area (Å²) in [6.45, 7) is 5.31. The lowest BCUT2D eigenvalue weighted by Gasteiger charge is -2.12. The Bertz CT molecular complexity index is 56.9. The van der Waals surface area contributed by atoms with Gasteiger partial charge in [-0.1, -0.05) is 6.92 Å². The van der Waals surface area contributed by atoms with Crippen LogP contribution in [0.3, 0.4) is 0 Å². The summed E-state index contributed by atoms with van der Waals surface area (Å²) in [7, 11) is 3.86. The molecule has 0 aliphatic carbocycles. The summed E-state index contributed by atoms with van der Waals surface area (Å²) in [6.07, 6.45) is 1.14. The van der Waals surface area contributed by atoms with Crippen LogP contribution in [-0.4, -0.2) is 38.8 Å². The maximum atomic E-state index is 4.91. The third-order valence-corrected chi connectivity index (χ3v) is 1.43.